The second-order valence-corrected chi connectivity index (χ2v) is 8.53. The lowest BCUT2D eigenvalue weighted by Gasteiger charge is -2.27. The molecule has 1 saturated carbocycles. The monoisotopic (exact) mass is 481 g/mol. The average Bonchev–Trinajstić information content (AvgIpc) is 3.49. The van der Waals surface area contributed by atoms with Gasteiger partial charge in [-0.3, -0.25) is 4.79 Å². The molecule has 160 valence electrons. The summed E-state index contributed by atoms with van der Waals surface area (Å²) >= 11 is 3.39. The molecule has 3 amide bonds. The highest BCUT2D eigenvalue weighted by molar-refractivity contribution is 9.10. The van der Waals surface area contributed by atoms with Crippen LogP contribution in [0.4, 0.5) is 10.5 Å². The smallest absolute Gasteiger partial charge is 0.322 e. The Balaban J connectivity index is 1.46. The molecule has 4 rings (SSSR count). The fourth-order valence-corrected chi connectivity index (χ4v) is 3.62. The van der Waals surface area contributed by atoms with Crippen LogP contribution in [0.25, 0.3) is 0 Å². The molecule has 1 N–H and O–H groups in total. The summed E-state index contributed by atoms with van der Waals surface area (Å²) in [7, 11) is 0. The van der Waals surface area contributed by atoms with E-state index in [9.17, 15) is 9.59 Å². The van der Waals surface area contributed by atoms with E-state index in [0.717, 1.165) is 22.9 Å². The third-order valence-corrected chi connectivity index (χ3v) is 5.67. The molecule has 0 unspecified atom stereocenters. The predicted molar refractivity (Wildman–Crippen MR) is 122 cm³/mol. The van der Waals surface area contributed by atoms with E-state index < -0.39 is 0 Å². The van der Waals surface area contributed by atoms with E-state index in [0.29, 0.717) is 24.5 Å². The third kappa shape index (κ3) is 5.98. The molecule has 0 radical (unpaired) electrons. The second-order valence-electron chi connectivity index (χ2n) is 7.61. The lowest BCUT2D eigenvalue weighted by Crippen LogP contribution is -2.45. The number of hydrogen-bond acceptors (Lipinski definition) is 3. The quantitative estimate of drug-likeness (QED) is 0.476. The first kappa shape index (κ1) is 21.2. The Labute approximate surface area is 190 Å². The van der Waals surface area contributed by atoms with Crippen LogP contribution in [0.1, 0.15) is 24.2 Å². The van der Waals surface area contributed by atoms with Gasteiger partial charge in [0.05, 0.1) is 12.8 Å². The summed E-state index contributed by atoms with van der Waals surface area (Å²) in [5.74, 6) is 0.597. The normalized spacial score (nSPS) is 12.9. The van der Waals surface area contributed by atoms with Crippen molar-refractivity contribution in [2.24, 2.45) is 0 Å². The number of nitrogens with one attached hydrogen (secondary N) is 1. The van der Waals surface area contributed by atoms with Crippen molar-refractivity contribution in [3.05, 3.63) is 88.8 Å². The first-order chi connectivity index (χ1) is 15.1. The minimum atomic E-state index is -0.254. The highest BCUT2D eigenvalue weighted by Gasteiger charge is 2.35. The molecule has 1 aliphatic rings. The van der Waals surface area contributed by atoms with Gasteiger partial charge in [0.15, 0.2) is 0 Å². The second kappa shape index (κ2) is 9.83. The first-order valence-corrected chi connectivity index (χ1v) is 11.0. The first-order valence-electron chi connectivity index (χ1n) is 10.3. The Morgan fingerprint density at radius 3 is 2.35 bits per heavy atom. The van der Waals surface area contributed by atoms with Crippen LogP contribution in [0.15, 0.2) is 81.9 Å². The molecule has 1 aromatic heterocycles. The molecule has 7 heteroatoms. The van der Waals surface area contributed by atoms with E-state index in [4.69, 9.17) is 4.42 Å². The van der Waals surface area contributed by atoms with Crippen molar-refractivity contribution < 1.29 is 14.0 Å². The van der Waals surface area contributed by atoms with Crippen LogP contribution in [-0.4, -0.2) is 34.3 Å². The lowest BCUT2D eigenvalue weighted by atomic mass is 10.2. The molecule has 0 aliphatic heterocycles. The summed E-state index contributed by atoms with van der Waals surface area (Å²) in [6.45, 7) is 0.835. The SMILES string of the molecule is O=C(CN(C(=O)Nc1ccc(Br)cc1)C1CC1)N(Cc1ccccc1)Cc1ccco1. The van der Waals surface area contributed by atoms with Crippen LogP contribution >= 0.6 is 15.9 Å². The Morgan fingerprint density at radius 1 is 0.968 bits per heavy atom. The molecule has 31 heavy (non-hydrogen) atoms. The minimum Gasteiger partial charge on any atom is -0.467 e. The van der Waals surface area contributed by atoms with Crippen molar-refractivity contribution in [2.45, 2.75) is 32.0 Å². The van der Waals surface area contributed by atoms with Gasteiger partial charge in [0.25, 0.3) is 0 Å². The van der Waals surface area contributed by atoms with Crippen molar-refractivity contribution in [3.8, 4) is 0 Å². The van der Waals surface area contributed by atoms with E-state index in [1.54, 1.807) is 16.1 Å². The molecule has 1 heterocycles. The summed E-state index contributed by atoms with van der Waals surface area (Å²) in [5, 5.41) is 2.91. The van der Waals surface area contributed by atoms with Gasteiger partial charge in [0.1, 0.15) is 12.3 Å². The van der Waals surface area contributed by atoms with Gasteiger partial charge in [0.2, 0.25) is 5.91 Å². The van der Waals surface area contributed by atoms with Crippen LogP contribution < -0.4 is 5.32 Å². The highest BCUT2D eigenvalue weighted by atomic mass is 79.9. The molecule has 6 nitrogen and oxygen atoms in total. The van der Waals surface area contributed by atoms with Crippen LogP contribution in [0.5, 0.6) is 0 Å². The number of halogens is 1. The third-order valence-electron chi connectivity index (χ3n) is 5.15. The molecular weight excluding hydrogens is 458 g/mol. The van der Waals surface area contributed by atoms with E-state index in [1.165, 1.54) is 0 Å². The van der Waals surface area contributed by atoms with Crippen molar-refractivity contribution in [1.29, 1.82) is 0 Å². The van der Waals surface area contributed by atoms with Gasteiger partial charge in [-0.2, -0.15) is 0 Å². The zero-order valence-electron chi connectivity index (χ0n) is 17.0. The number of carbonyl (C=O) groups excluding carboxylic acids is 2. The number of furan rings is 1. The largest absolute Gasteiger partial charge is 0.467 e. The maximum Gasteiger partial charge on any atom is 0.322 e. The summed E-state index contributed by atoms with van der Waals surface area (Å²) < 4.78 is 6.40. The molecule has 3 aromatic rings. The van der Waals surface area contributed by atoms with Gasteiger partial charge >= 0.3 is 6.03 Å². The van der Waals surface area contributed by atoms with Gasteiger partial charge < -0.3 is 19.5 Å². The molecule has 1 aliphatic carbocycles. The van der Waals surface area contributed by atoms with E-state index in [1.807, 2.05) is 66.7 Å². The summed E-state index contributed by atoms with van der Waals surface area (Å²) in [4.78, 5) is 29.6. The number of hydrogen-bond donors (Lipinski definition) is 1. The number of benzene rings is 2. The van der Waals surface area contributed by atoms with Crippen LogP contribution in [0.3, 0.4) is 0 Å². The number of amides is 3. The summed E-state index contributed by atoms with van der Waals surface area (Å²) in [6, 6.07) is 20.7. The molecule has 0 atom stereocenters. The fraction of sp³-hybridized carbons (Fsp3) is 0.250. The molecular formula is C24H24BrN3O3. The maximum atomic E-state index is 13.3. The average molecular weight is 482 g/mol. The Kier molecular flexibility index (Phi) is 6.72. The zero-order chi connectivity index (χ0) is 21.6. The summed E-state index contributed by atoms with van der Waals surface area (Å²) in [5.41, 5.74) is 1.72. The Bertz CT molecular complexity index is 1000. The van der Waals surface area contributed by atoms with Crippen molar-refractivity contribution in [3.63, 3.8) is 0 Å². The number of anilines is 1. The number of nitrogens with zero attached hydrogens (tertiary/aromatic N) is 2. The number of rotatable bonds is 8. The zero-order valence-corrected chi connectivity index (χ0v) is 18.6. The Hall–Kier alpha value is -3.06. The number of carbonyl (C=O) groups is 2. The summed E-state index contributed by atoms with van der Waals surface area (Å²) in [6.07, 6.45) is 3.43. The standard InChI is InChI=1S/C24H24BrN3O3/c25-19-8-10-20(11-9-19)26-24(30)28(21-12-13-21)17-23(29)27(16-22-7-4-14-31-22)15-18-5-2-1-3-6-18/h1-11,14,21H,12-13,15-17H2,(H,26,30). The topological polar surface area (TPSA) is 65.8 Å². The van der Waals surface area contributed by atoms with Crippen LogP contribution in [-0.2, 0) is 17.9 Å². The van der Waals surface area contributed by atoms with Crippen molar-refractivity contribution >= 4 is 33.6 Å². The lowest BCUT2D eigenvalue weighted by molar-refractivity contribution is -0.133. The minimum absolute atomic E-state index is 0.0283. The van der Waals surface area contributed by atoms with E-state index >= 15 is 0 Å². The fourth-order valence-electron chi connectivity index (χ4n) is 3.35. The molecule has 0 spiro atoms. The number of urea groups is 1. The van der Waals surface area contributed by atoms with E-state index in [-0.39, 0.29) is 24.5 Å². The Morgan fingerprint density at radius 2 is 1.71 bits per heavy atom. The van der Waals surface area contributed by atoms with Gasteiger partial charge in [-0.15, -0.1) is 0 Å². The predicted octanol–water partition coefficient (Wildman–Crippen LogP) is 5.27. The van der Waals surface area contributed by atoms with Gasteiger partial charge in [-0.05, 0) is 54.8 Å². The van der Waals surface area contributed by atoms with Crippen molar-refractivity contribution in [2.75, 3.05) is 11.9 Å². The van der Waals surface area contributed by atoms with Gasteiger partial charge in [-0.25, -0.2) is 4.79 Å². The van der Waals surface area contributed by atoms with Gasteiger partial charge in [0, 0.05) is 22.7 Å². The van der Waals surface area contributed by atoms with Crippen LogP contribution in [0.2, 0.25) is 0 Å². The highest BCUT2D eigenvalue weighted by Crippen LogP contribution is 2.28. The van der Waals surface area contributed by atoms with Gasteiger partial charge in [-0.1, -0.05) is 46.3 Å². The van der Waals surface area contributed by atoms with Crippen molar-refractivity contribution in [1.82, 2.24) is 9.80 Å². The maximum absolute atomic E-state index is 13.3. The molecule has 2 aromatic carbocycles. The molecule has 0 saturated heterocycles. The molecule has 1 fully saturated rings. The molecule has 0 bridgehead atoms. The van der Waals surface area contributed by atoms with E-state index in [2.05, 4.69) is 21.2 Å². The van der Waals surface area contributed by atoms with Crippen LogP contribution in [0, 0.1) is 0 Å².